The zero-order chi connectivity index (χ0) is 13.4. The highest BCUT2D eigenvalue weighted by Crippen LogP contribution is 2.40. The molecule has 2 fully saturated rings. The van der Waals surface area contributed by atoms with Gasteiger partial charge in [-0.3, -0.25) is 4.79 Å². The van der Waals surface area contributed by atoms with E-state index in [1.165, 1.54) is 23.3 Å². The van der Waals surface area contributed by atoms with E-state index in [0.29, 0.717) is 17.9 Å². The van der Waals surface area contributed by atoms with Crippen LogP contribution in [0.5, 0.6) is 0 Å². The Kier molecular flexibility index (Phi) is 3.01. The van der Waals surface area contributed by atoms with Gasteiger partial charge in [-0.1, -0.05) is 24.3 Å². The van der Waals surface area contributed by atoms with Gasteiger partial charge in [0.25, 0.3) is 0 Å². The number of carbonyl (C=O) groups is 2. The summed E-state index contributed by atoms with van der Waals surface area (Å²) in [4.78, 5) is 24.1. The van der Waals surface area contributed by atoms with Gasteiger partial charge in [0.05, 0.1) is 0 Å². The first-order chi connectivity index (χ1) is 9.20. The molecule has 1 atom stereocenters. The minimum absolute atomic E-state index is 0.0988. The normalized spacial score (nSPS) is 19.8. The molecule has 1 aromatic carbocycles. The summed E-state index contributed by atoms with van der Waals surface area (Å²) < 4.78 is 0. The first-order valence-corrected chi connectivity index (χ1v) is 6.76. The zero-order valence-corrected chi connectivity index (χ0v) is 10.7. The van der Waals surface area contributed by atoms with Gasteiger partial charge in [0.15, 0.2) is 6.04 Å². The Morgan fingerprint density at radius 1 is 1.21 bits per heavy atom. The summed E-state index contributed by atoms with van der Waals surface area (Å²) in [6.07, 6.45) is 4.94. The molecule has 1 N–H and O–H groups in total. The monoisotopic (exact) mass is 259 g/mol. The number of rotatable bonds is 6. The Hall–Kier alpha value is -1.84. The van der Waals surface area contributed by atoms with E-state index in [4.69, 9.17) is 0 Å². The number of carboxylic acids is 1. The van der Waals surface area contributed by atoms with Crippen molar-refractivity contribution in [2.45, 2.75) is 43.7 Å². The molecule has 0 bridgehead atoms. The Morgan fingerprint density at radius 3 is 2.26 bits per heavy atom. The molecule has 0 aromatic heterocycles. The van der Waals surface area contributed by atoms with Crippen LogP contribution in [-0.4, -0.2) is 28.4 Å². The first kappa shape index (κ1) is 12.2. The molecule has 0 saturated heterocycles. The van der Waals surface area contributed by atoms with Crippen molar-refractivity contribution in [3.8, 4) is 0 Å². The summed E-state index contributed by atoms with van der Waals surface area (Å²) >= 11 is 0. The maximum absolute atomic E-state index is 11.5. The van der Waals surface area contributed by atoms with Gasteiger partial charge in [-0.15, -0.1) is 0 Å². The number of aliphatic carboxylic acids is 1. The third-order valence-corrected chi connectivity index (χ3v) is 3.92. The SMILES string of the molecule is O=CN(C1CC1)C(C(=O)O)c1ccc(C2CC2)cc1. The van der Waals surface area contributed by atoms with Crippen LogP contribution in [0, 0.1) is 0 Å². The molecular formula is C15H17NO3. The minimum Gasteiger partial charge on any atom is -0.479 e. The lowest BCUT2D eigenvalue weighted by atomic mass is 10.0. The molecule has 2 aliphatic rings. The van der Waals surface area contributed by atoms with E-state index in [0.717, 1.165) is 12.8 Å². The van der Waals surface area contributed by atoms with Gasteiger partial charge in [0.1, 0.15) is 0 Å². The van der Waals surface area contributed by atoms with E-state index >= 15 is 0 Å². The molecule has 0 spiro atoms. The van der Waals surface area contributed by atoms with Gasteiger partial charge >= 0.3 is 5.97 Å². The molecule has 1 unspecified atom stereocenters. The lowest BCUT2D eigenvalue weighted by Gasteiger charge is -2.25. The molecule has 4 heteroatoms. The first-order valence-electron chi connectivity index (χ1n) is 6.76. The molecule has 0 heterocycles. The summed E-state index contributed by atoms with van der Waals surface area (Å²) in [5.41, 5.74) is 1.97. The lowest BCUT2D eigenvalue weighted by Crippen LogP contribution is -2.34. The molecule has 100 valence electrons. The minimum atomic E-state index is -0.960. The van der Waals surface area contributed by atoms with Crippen LogP contribution in [0.3, 0.4) is 0 Å². The van der Waals surface area contributed by atoms with E-state index < -0.39 is 12.0 Å². The fourth-order valence-corrected chi connectivity index (χ4v) is 2.54. The number of hydrogen-bond donors (Lipinski definition) is 1. The third-order valence-electron chi connectivity index (χ3n) is 3.92. The highest BCUT2D eigenvalue weighted by atomic mass is 16.4. The largest absolute Gasteiger partial charge is 0.479 e. The molecule has 0 radical (unpaired) electrons. The number of carboxylic acid groups (broad SMARTS) is 1. The lowest BCUT2D eigenvalue weighted by molar-refractivity contribution is -0.147. The summed E-state index contributed by atoms with van der Waals surface area (Å²) in [6, 6.07) is 6.95. The second-order valence-electron chi connectivity index (χ2n) is 5.47. The zero-order valence-electron chi connectivity index (χ0n) is 10.7. The van der Waals surface area contributed by atoms with Crippen molar-refractivity contribution in [1.29, 1.82) is 0 Å². The Labute approximate surface area is 112 Å². The van der Waals surface area contributed by atoms with Crippen molar-refractivity contribution in [1.82, 2.24) is 4.90 Å². The Morgan fingerprint density at radius 2 is 1.84 bits per heavy atom. The highest BCUT2D eigenvalue weighted by Gasteiger charge is 2.37. The highest BCUT2D eigenvalue weighted by molar-refractivity contribution is 5.78. The van der Waals surface area contributed by atoms with E-state index in [9.17, 15) is 14.7 Å². The van der Waals surface area contributed by atoms with Gasteiger partial charge in [-0.05, 0) is 42.7 Å². The summed E-state index contributed by atoms with van der Waals surface area (Å²) in [6.45, 7) is 0. The van der Waals surface area contributed by atoms with Crippen molar-refractivity contribution in [2.24, 2.45) is 0 Å². The number of hydrogen-bond acceptors (Lipinski definition) is 2. The number of amides is 1. The van der Waals surface area contributed by atoms with Crippen LogP contribution in [0.15, 0.2) is 24.3 Å². The van der Waals surface area contributed by atoms with Gasteiger partial charge in [0, 0.05) is 6.04 Å². The van der Waals surface area contributed by atoms with E-state index in [-0.39, 0.29) is 6.04 Å². The number of nitrogens with zero attached hydrogens (tertiary/aromatic N) is 1. The molecule has 1 amide bonds. The fourth-order valence-electron chi connectivity index (χ4n) is 2.54. The fraction of sp³-hybridized carbons (Fsp3) is 0.467. The van der Waals surface area contributed by atoms with Crippen molar-refractivity contribution >= 4 is 12.4 Å². The second-order valence-corrected chi connectivity index (χ2v) is 5.47. The van der Waals surface area contributed by atoms with E-state index in [1.807, 2.05) is 24.3 Å². The second kappa shape index (κ2) is 4.68. The maximum atomic E-state index is 11.5. The van der Waals surface area contributed by atoms with Crippen molar-refractivity contribution in [3.05, 3.63) is 35.4 Å². The van der Waals surface area contributed by atoms with Crippen LogP contribution in [0.1, 0.15) is 48.8 Å². The summed E-state index contributed by atoms with van der Waals surface area (Å²) in [7, 11) is 0. The maximum Gasteiger partial charge on any atom is 0.331 e. The predicted molar refractivity (Wildman–Crippen MR) is 69.7 cm³/mol. The molecule has 2 saturated carbocycles. The number of carbonyl (C=O) groups excluding carboxylic acids is 1. The summed E-state index contributed by atoms with van der Waals surface area (Å²) in [5, 5.41) is 9.40. The van der Waals surface area contributed by atoms with Crippen LogP contribution in [0.2, 0.25) is 0 Å². The number of benzene rings is 1. The van der Waals surface area contributed by atoms with E-state index in [1.54, 1.807) is 0 Å². The van der Waals surface area contributed by atoms with Crippen LogP contribution in [0.25, 0.3) is 0 Å². The third kappa shape index (κ3) is 2.48. The van der Waals surface area contributed by atoms with Gasteiger partial charge < -0.3 is 10.0 Å². The average molecular weight is 259 g/mol. The van der Waals surface area contributed by atoms with Crippen LogP contribution in [0.4, 0.5) is 0 Å². The average Bonchev–Trinajstić information content (AvgIpc) is 3.29. The smallest absolute Gasteiger partial charge is 0.331 e. The Bertz CT molecular complexity index is 489. The van der Waals surface area contributed by atoms with Crippen molar-refractivity contribution < 1.29 is 14.7 Å². The molecule has 19 heavy (non-hydrogen) atoms. The van der Waals surface area contributed by atoms with Crippen LogP contribution >= 0.6 is 0 Å². The van der Waals surface area contributed by atoms with Crippen LogP contribution < -0.4 is 0 Å². The topological polar surface area (TPSA) is 57.6 Å². The quantitative estimate of drug-likeness (QED) is 0.797. The standard InChI is InChI=1S/C15H17NO3/c17-9-16(13-7-8-13)14(15(18)19)12-5-3-11(4-6-12)10-1-2-10/h3-6,9-10,13-14H,1-2,7-8H2,(H,18,19). The van der Waals surface area contributed by atoms with Gasteiger partial charge in [-0.2, -0.15) is 0 Å². The Balaban J connectivity index is 1.85. The van der Waals surface area contributed by atoms with Crippen molar-refractivity contribution in [3.63, 3.8) is 0 Å². The summed E-state index contributed by atoms with van der Waals surface area (Å²) in [5.74, 6) is -0.305. The molecule has 1 aromatic rings. The molecule has 0 aliphatic heterocycles. The van der Waals surface area contributed by atoms with Gasteiger partial charge in [-0.25, -0.2) is 4.79 Å². The van der Waals surface area contributed by atoms with E-state index in [2.05, 4.69) is 0 Å². The molecule has 3 rings (SSSR count). The molecular weight excluding hydrogens is 242 g/mol. The van der Waals surface area contributed by atoms with Gasteiger partial charge in [0.2, 0.25) is 6.41 Å². The molecule has 4 nitrogen and oxygen atoms in total. The molecule has 2 aliphatic carbocycles. The van der Waals surface area contributed by atoms with Crippen molar-refractivity contribution in [2.75, 3.05) is 0 Å². The van der Waals surface area contributed by atoms with Crippen LogP contribution in [-0.2, 0) is 9.59 Å². The predicted octanol–water partition coefficient (Wildman–Crippen LogP) is 2.31.